The van der Waals surface area contributed by atoms with Crippen LogP contribution in [-0.4, -0.2) is 128 Å². The average molecular weight is 800 g/mol. The summed E-state index contributed by atoms with van der Waals surface area (Å²) in [6, 6.07) is 0. The summed E-state index contributed by atoms with van der Waals surface area (Å²) in [5.41, 5.74) is 0. The van der Waals surface area contributed by atoms with Crippen LogP contribution in [0.5, 0.6) is 0 Å². The first-order valence-electron chi connectivity index (χ1n) is 11.3. The van der Waals surface area contributed by atoms with Gasteiger partial charge in [0.15, 0.2) is 0 Å². The fourth-order valence-corrected chi connectivity index (χ4v) is 0. The van der Waals surface area contributed by atoms with Crippen LogP contribution < -0.4 is 10.2 Å². The number of hydrogen-bond acceptors (Lipinski definition) is 8. The molecule has 214 valence electrons. The Morgan fingerprint density at radius 2 is 0.324 bits per heavy atom. The van der Waals surface area contributed by atoms with E-state index in [0.717, 1.165) is 0 Å². The first kappa shape index (κ1) is 65.2. The van der Waals surface area contributed by atoms with Crippen LogP contribution in [0.4, 0.5) is 0 Å². The Kier molecular flexibility index (Phi) is 115. The van der Waals surface area contributed by atoms with Gasteiger partial charge >= 0.3 is 48.9 Å². The van der Waals surface area contributed by atoms with Gasteiger partial charge in [-0.25, -0.2) is 0 Å². The smallest absolute Gasteiger partial charge is 0.852 e. The maximum Gasteiger partial charge on any atom is 2.00 e. The largest absolute Gasteiger partial charge is 2.00 e. The van der Waals surface area contributed by atoms with Gasteiger partial charge in [0, 0.05) is 57.7 Å². The molecule has 0 saturated carbocycles. The summed E-state index contributed by atoms with van der Waals surface area (Å²) in [4.78, 5) is 0. The molecule has 0 atom stereocenters. The molecule has 0 radical (unpaired) electrons. The summed E-state index contributed by atoms with van der Waals surface area (Å²) in [6.45, 7) is 27.1. The van der Waals surface area contributed by atoms with Gasteiger partial charge in [-0.1, -0.05) is 27.7 Å². The van der Waals surface area contributed by atoms with Crippen molar-refractivity contribution in [2.75, 3.05) is 0 Å². The molecule has 0 aliphatic carbocycles. The molecule has 0 aromatic heterocycles. The van der Waals surface area contributed by atoms with Gasteiger partial charge in [0.2, 0.25) is 0 Å². The molecule has 6 N–H and O–H groups in total. The molecule has 0 saturated heterocycles. The Bertz CT molecular complexity index is 149. The quantitative estimate of drug-likeness (QED) is 0.201. The van der Waals surface area contributed by atoms with Crippen LogP contribution in [0.15, 0.2) is 0 Å². The minimum atomic E-state index is -0.417. The molecule has 0 bridgehead atoms. The molecule has 0 fully saturated rings. The van der Waals surface area contributed by atoms with Gasteiger partial charge in [0.25, 0.3) is 0 Å². The SMILES string of the molecule is CC(C)O.CC(C)O.CC(C)O.CC(C)O.CC(C)O.CC(C)O.CC(C)[O-].CC(C)[O-].[Ba+2].[W]. The van der Waals surface area contributed by atoms with Gasteiger partial charge in [-0.15, -0.1) is 12.2 Å². The van der Waals surface area contributed by atoms with Gasteiger partial charge in [-0.3, -0.25) is 0 Å². The van der Waals surface area contributed by atoms with Crippen LogP contribution >= 0.6 is 0 Å². The predicted molar refractivity (Wildman–Crippen MR) is 140 cm³/mol. The fraction of sp³-hybridized carbons (Fsp3) is 1.00. The molecule has 34 heavy (non-hydrogen) atoms. The van der Waals surface area contributed by atoms with Crippen molar-refractivity contribution in [2.45, 2.75) is 160 Å². The first-order chi connectivity index (χ1) is 13.9. The summed E-state index contributed by atoms with van der Waals surface area (Å²) < 4.78 is 0. The molecule has 8 nitrogen and oxygen atoms in total. The zero-order chi connectivity index (χ0) is 28.6. The first-order valence-corrected chi connectivity index (χ1v) is 11.3. The van der Waals surface area contributed by atoms with E-state index in [1.165, 1.54) is 0 Å². The Hall–Kier alpha value is 1.94. The van der Waals surface area contributed by atoms with E-state index in [1.807, 2.05) is 0 Å². The van der Waals surface area contributed by atoms with Gasteiger partial charge in [0.05, 0.1) is 0 Å². The molecule has 0 spiro atoms. The molecule has 0 aromatic rings. The Balaban J connectivity index is -0.0000000240. The summed E-state index contributed by atoms with van der Waals surface area (Å²) in [5, 5.41) is 67.4. The van der Waals surface area contributed by atoms with Crippen molar-refractivity contribution in [3.8, 4) is 0 Å². The molecule has 10 heteroatoms. The van der Waals surface area contributed by atoms with Crippen molar-refractivity contribution in [1.29, 1.82) is 0 Å². The van der Waals surface area contributed by atoms with Gasteiger partial charge < -0.3 is 40.9 Å². The summed E-state index contributed by atoms with van der Waals surface area (Å²) >= 11 is 0. The second-order valence-corrected chi connectivity index (χ2v) is 8.66. The van der Waals surface area contributed by atoms with E-state index in [1.54, 1.807) is 111 Å². The van der Waals surface area contributed by atoms with Crippen molar-refractivity contribution in [3.63, 3.8) is 0 Å². The number of aliphatic hydroxyl groups excluding tert-OH is 6. The van der Waals surface area contributed by atoms with Crippen molar-refractivity contribution in [1.82, 2.24) is 0 Å². The number of rotatable bonds is 0. The Morgan fingerprint density at radius 1 is 0.324 bits per heavy atom. The zero-order valence-corrected chi connectivity index (χ0v) is 32.6. The predicted octanol–water partition coefficient (Wildman–Crippen LogP) is 1.45. The standard InChI is InChI=1S/6C3H8O.2C3H7O.Ba.W/c8*1-3(2)4;;/h6*3-4H,1-2H3;2*3H,1-2H3;;/q;;;;;;2*-1;+2;. The molecule has 0 aliphatic rings. The molecule has 0 aliphatic heterocycles. The molecule has 0 amide bonds. The van der Waals surface area contributed by atoms with E-state index in [9.17, 15) is 10.2 Å². The van der Waals surface area contributed by atoms with Crippen molar-refractivity contribution >= 4 is 48.9 Å². The molecular formula is C24H62BaO8W. The number of aliphatic hydroxyl groups is 6. The third-order valence-electron chi connectivity index (χ3n) is 0. The van der Waals surface area contributed by atoms with Gasteiger partial charge in [0.1, 0.15) is 0 Å². The molecule has 0 aromatic carbocycles. The van der Waals surface area contributed by atoms with Crippen LogP contribution in [-0.2, 0) is 21.1 Å². The second-order valence-electron chi connectivity index (χ2n) is 8.66. The monoisotopic (exact) mass is 800 g/mol. The second kappa shape index (κ2) is 59.8. The minimum Gasteiger partial charge on any atom is -0.852 e. The third-order valence-corrected chi connectivity index (χ3v) is 0. The Labute approximate surface area is 267 Å². The van der Waals surface area contributed by atoms with Crippen LogP contribution in [0, 0.1) is 0 Å². The van der Waals surface area contributed by atoms with E-state index < -0.39 is 12.2 Å². The van der Waals surface area contributed by atoms with E-state index in [2.05, 4.69) is 0 Å². The van der Waals surface area contributed by atoms with E-state index in [-0.39, 0.29) is 107 Å². The zero-order valence-electron chi connectivity index (χ0n) is 25.2. The van der Waals surface area contributed by atoms with Gasteiger partial charge in [-0.2, -0.15) is 0 Å². The normalized spacial score (nSPS) is 8.47. The van der Waals surface area contributed by atoms with Crippen molar-refractivity contribution < 1.29 is 61.9 Å². The van der Waals surface area contributed by atoms with Crippen LogP contribution in [0.1, 0.15) is 111 Å². The summed E-state index contributed by atoms with van der Waals surface area (Å²) in [7, 11) is 0. The third kappa shape index (κ3) is 9790. The summed E-state index contributed by atoms with van der Waals surface area (Å²) in [5.74, 6) is 0. The Morgan fingerprint density at radius 3 is 0.324 bits per heavy atom. The van der Waals surface area contributed by atoms with Crippen LogP contribution in [0.25, 0.3) is 0 Å². The minimum absolute atomic E-state index is 0. The van der Waals surface area contributed by atoms with E-state index in [4.69, 9.17) is 30.6 Å². The van der Waals surface area contributed by atoms with Crippen LogP contribution in [0.3, 0.4) is 0 Å². The van der Waals surface area contributed by atoms with Crippen molar-refractivity contribution in [3.05, 3.63) is 0 Å². The fourth-order valence-electron chi connectivity index (χ4n) is 0. The van der Waals surface area contributed by atoms with E-state index in [0.29, 0.717) is 0 Å². The van der Waals surface area contributed by atoms with Gasteiger partial charge in [-0.05, 0) is 83.1 Å². The molecule has 0 unspecified atom stereocenters. The van der Waals surface area contributed by atoms with Crippen molar-refractivity contribution in [2.24, 2.45) is 0 Å². The molecule has 0 heterocycles. The van der Waals surface area contributed by atoms with Crippen LogP contribution in [0.2, 0.25) is 0 Å². The number of hydrogen-bond donors (Lipinski definition) is 6. The maximum atomic E-state index is 9.53. The van der Waals surface area contributed by atoms with E-state index >= 15 is 0 Å². The topological polar surface area (TPSA) is 168 Å². The maximum absolute atomic E-state index is 9.53. The average Bonchev–Trinajstić information content (AvgIpc) is 2.30. The molecular weight excluding hydrogens is 737 g/mol. The molecule has 0 rings (SSSR count). The summed E-state index contributed by atoms with van der Waals surface area (Å²) in [6.07, 6.45) is -1.83.